The first-order valence-corrected chi connectivity index (χ1v) is 4.22. The van der Waals surface area contributed by atoms with Crippen LogP contribution in [0.1, 0.15) is 17.1 Å². The maximum absolute atomic E-state index is 5.86. The summed E-state index contributed by atoms with van der Waals surface area (Å²) in [6.07, 6.45) is 0.681. The molecule has 4 heteroatoms. The second kappa shape index (κ2) is 3.83. The van der Waals surface area contributed by atoms with E-state index in [1.807, 2.05) is 13.8 Å². The second-order valence-corrected chi connectivity index (χ2v) is 3.04. The number of nitrogens with zero attached hydrogens (tertiary/aromatic N) is 2. The average molecular weight is 186 g/mol. The standard InChI is InChI=1S/C8H12ClN3/c1-5-6(2)11-7(3-4-10)12-8(5)9/h3-4,10H2,1-2H3. The van der Waals surface area contributed by atoms with Crippen molar-refractivity contribution in [1.82, 2.24) is 9.97 Å². The zero-order valence-electron chi connectivity index (χ0n) is 7.26. The molecule has 66 valence electrons. The second-order valence-electron chi connectivity index (χ2n) is 2.68. The van der Waals surface area contributed by atoms with Gasteiger partial charge in [0.1, 0.15) is 11.0 Å². The Morgan fingerprint density at radius 2 is 2.00 bits per heavy atom. The Kier molecular flexibility index (Phi) is 3.00. The number of aryl methyl sites for hydroxylation is 1. The number of nitrogens with two attached hydrogens (primary N) is 1. The fourth-order valence-electron chi connectivity index (χ4n) is 0.890. The Hall–Kier alpha value is -0.670. The minimum absolute atomic E-state index is 0.533. The van der Waals surface area contributed by atoms with Crippen molar-refractivity contribution in [3.05, 3.63) is 22.2 Å². The molecule has 1 rings (SSSR count). The maximum Gasteiger partial charge on any atom is 0.135 e. The van der Waals surface area contributed by atoms with Crippen LogP contribution in [0, 0.1) is 13.8 Å². The van der Waals surface area contributed by atoms with Gasteiger partial charge in [-0.15, -0.1) is 0 Å². The highest BCUT2D eigenvalue weighted by molar-refractivity contribution is 6.30. The summed E-state index contributed by atoms with van der Waals surface area (Å²) in [5.74, 6) is 0.727. The molecule has 0 aliphatic heterocycles. The monoisotopic (exact) mass is 185 g/mol. The van der Waals surface area contributed by atoms with Gasteiger partial charge < -0.3 is 5.73 Å². The number of hydrogen-bond acceptors (Lipinski definition) is 3. The number of rotatable bonds is 2. The molecule has 0 atom stereocenters. The molecule has 1 aromatic rings. The topological polar surface area (TPSA) is 51.8 Å². The molecule has 3 nitrogen and oxygen atoms in total. The molecular formula is C8H12ClN3. The highest BCUT2D eigenvalue weighted by Gasteiger charge is 2.04. The van der Waals surface area contributed by atoms with Crippen LogP contribution in [0.15, 0.2) is 0 Å². The van der Waals surface area contributed by atoms with Crippen molar-refractivity contribution in [3.8, 4) is 0 Å². The molecule has 0 spiro atoms. The van der Waals surface area contributed by atoms with Gasteiger partial charge in [0.15, 0.2) is 0 Å². The van der Waals surface area contributed by atoms with Gasteiger partial charge in [0.05, 0.1) is 0 Å². The lowest BCUT2D eigenvalue weighted by molar-refractivity contribution is 0.848. The van der Waals surface area contributed by atoms with Crippen molar-refractivity contribution < 1.29 is 0 Å². The summed E-state index contributed by atoms with van der Waals surface area (Å²) in [5, 5.41) is 0.533. The van der Waals surface area contributed by atoms with E-state index in [2.05, 4.69) is 9.97 Å². The summed E-state index contributed by atoms with van der Waals surface area (Å²) in [7, 11) is 0. The maximum atomic E-state index is 5.86. The Morgan fingerprint density at radius 3 is 2.50 bits per heavy atom. The van der Waals surface area contributed by atoms with Crippen LogP contribution >= 0.6 is 11.6 Å². The van der Waals surface area contributed by atoms with Crippen LogP contribution in [0.2, 0.25) is 5.15 Å². The predicted octanol–water partition coefficient (Wildman–Crippen LogP) is 1.25. The van der Waals surface area contributed by atoms with Crippen molar-refractivity contribution in [2.24, 2.45) is 5.73 Å². The van der Waals surface area contributed by atoms with Crippen LogP contribution in [-0.2, 0) is 6.42 Å². The van der Waals surface area contributed by atoms with Crippen molar-refractivity contribution in [2.75, 3.05) is 6.54 Å². The molecule has 0 bridgehead atoms. The van der Waals surface area contributed by atoms with Crippen LogP contribution in [0.5, 0.6) is 0 Å². The first kappa shape index (κ1) is 9.42. The quantitative estimate of drug-likeness (QED) is 0.706. The summed E-state index contributed by atoms with van der Waals surface area (Å²) in [6, 6.07) is 0. The van der Waals surface area contributed by atoms with E-state index in [0.717, 1.165) is 17.1 Å². The first-order valence-electron chi connectivity index (χ1n) is 3.85. The summed E-state index contributed by atoms with van der Waals surface area (Å²) in [6.45, 7) is 4.38. The minimum atomic E-state index is 0.533. The molecule has 12 heavy (non-hydrogen) atoms. The third kappa shape index (κ3) is 1.93. The Bertz CT molecular complexity index is 263. The predicted molar refractivity (Wildman–Crippen MR) is 49.3 cm³/mol. The van der Waals surface area contributed by atoms with Crippen molar-refractivity contribution in [2.45, 2.75) is 20.3 Å². The van der Waals surface area contributed by atoms with E-state index in [-0.39, 0.29) is 0 Å². The highest BCUT2D eigenvalue weighted by Crippen LogP contribution is 2.14. The molecule has 0 unspecified atom stereocenters. The number of aromatic nitrogens is 2. The van der Waals surface area contributed by atoms with Crippen molar-refractivity contribution >= 4 is 11.6 Å². The molecule has 0 amide bonds. The van der Waals surface area contributed by atoms with Gasteiger partial charge in [-0.2, -0.15) is 0 Å². The Balaban J connectivity index is 3.04. The van der Waals surface area contributed by atoms with Crippen LogP contribution in [0.3, 0.4) is 0 Å². The van der Waals surface area contributed by atoms with Gasteiger partial charge in [-0.25, -0.2) is 9.97 Å². The molecule has 2 N–H and O–H groups in total. The molecule has 1 aromatic heterocycles. The summed E-state index contributed by atoms with van der Waals surface area (Å²) in [5.41, 5.74) is 7.25. The largest absolute Gasteiger partial charge is 0.330 e. The van der Waals surface area contributed by atoms with Gasteiger partial charge >= 0.3 is 0 Å². The van der Waals surface area contributed by atoms with Gasteiger partial charge in [-0.05, 0) is 20.4 Å². The lowest BCUT2D eigenvalue weighted by atomic mass is 10.2. The van der Waals surface area contributed by atoms with E-state index in [9.17, 15) is 0 Å². The highest BCUT2D eigenvalue weighted by atomic mass is 35.5. The minimum Gasteiger partial charge on any atom is -0.330 e. The van der Waals surface area contributed by atoms with Gasteiger partial charge in [-0.3, -0.25) is 0 Å². The van der Waals surface area contributed by atoms with Crippen LogP contribution < -0.4 is 5.73 Å². The zero-order chi connectivity index (χ0) is 9.14. The third-order valence-electron chi connectivity index (χ3n) is 1.74. The lowest BCUT2D eigenvalue weighted by Gasteiger charge is -2.03. The van der Waals surface area contributed by atoms with E-state index >= 15 is 0 Å². The van der Waals surface area contributed by atoms with E-state index < -0.39 is 0 Å². The number of halogens is 1. The lowest BCUT2D eigenvalue weighted by Crippen LogP contribution is -2.08. The SMILES string of the molecule is Cc1nc(CCN)nc(Cl)c1C. The fraction of sp³-hybridized carbons (Fsp3) is 0.500. The van der Waals surface area contributed by atoms with Crippen molar-refractivity contribution in [3.63, 3.8) is 0 Å². The normalized spacial score (nSPS) is 10.3. The summed E-state index contributed by atoms with van der Waals surface area (Å²) < 4.78 is 0. The molecule has 0 fully saturated rings. The van der Waals surface area contributed by atoms with Crippen LogP contribution in [-0.4, -0.2) is 16.5 Å². The Morgan fingerprint density at radius 1 is 1.33 bits per heavy atom. The third-order valence-corrected chi connectivity index (χ3v) is 2.11. The molecule has 0 aliphatic carbocycles. The van der Waals surface area contributed by atoms with E-state index in [4.69, 9.17) is 17.3 Å². The smallest absolute Gasteiger partial charge is 0.135 e. The number of hydrogen-bond donors (Lipinski definition) is 1. The average Bonchev–Trinajstić information content (AvgIpc) is 2.01. The van der Waals surface area contributed by atoms with Crippen LogP contribution in [0.4, 0.5) is 0 Å². The fourth-order valence-corrected chi connectivity index (χ4v) is 1.12. The van der Waals surface area contributed by atoms with Gasteiger partial charge in [0.2, 0.25) is 0 Å². The summed E-state index contributed by atoms with van der Waals surface area (Å²) >= 11 is 5.86. The molecular weight excluding hydrogens is 174 g/mol. The van der Waals surface area contributed by atoms with E-state index in [1.54, 1.807) is 0 Å². The van der Waals surface area contributed by atoms with E-state index in [1.165, 1.54) is 0 Å². The molecule has 0 saturated carbocycles. The molecule has 0 aliphatic rings. The zero-order valence-corrected chi connectivity index (χ0v) is 8.02. The van der Waals surface area contributed by atoms with Crippen LogP contribution in [0.25, 0.3) is 0 Å². The first-order chi connectivity index (χ1) is 5.65. The van der Waals surface area contributed by atoms with Gasteiger partial charge in [0, 0.05) is 17.7 Å². The molecule has 0 aromatic carbocycles. The Labute approximate surface area is 77.0 Å². The van der Waals surface area contributed by atoms with Crippen molar-refractivity contribution in [1.29, 1.82) is 0 Å². The summed E-state index contributed by atoms with van der Waals surface area (Å²) in [4.78, 5) is 8.35. The van der Waals surface area contributed by atoms with E-state index in [0.29, 0.717) is 18.1 Å². The van der Waals surface area contributed by atoms with Gasteiger partial charge in [-0.1, -0.05) is 11.6 Å². The molecule has 0 saturated heterocycles. The van der Waals surface area contributed by atoms with Gasteiger partial charge in [0.25, 0.3) is 0 Å². The molecule has 0 radical (unpaired) electrons. The molecule has 1 heterocycles.